The minimum Gasteiger partial charge on any atom is -0.379 e. The molecule has 1 atom stereocenters. The number of piperazine rings is 1. The van der Waals surface area contributed by atoms with E-state index in [9.17, 15) is 15.3 Å². The predicted molar refractivity (Wildman–Crippen MR) is 142 cm³/mol. The van der Waals surface area contributed by atoms with Gasteiger partial charge in [0.2, 0.25) is 0 Å². The molecule has 1 aromatic carbocycles. The largest absolute Gasteiger partial charge is 0.379 e. The van der Waals surface area contributed by atoms with E-state index >= 15 is 0 Å². The highest BCUT2D eigenvalue weighted by molar-refractivity contribution is 6.36. The van der Waals surface area contributed by atoms with E-state index < -0.39 is 0 Å². The molecule has 0 radical (unpaired) electrons. The van der Waals surface area contributed by atoms with Crippen molar-refractivity contribution in [2.75, 3.05) is 48.3 Å². The van der Waals surface area contributed by atoms with Crippen LogP contribution in [0.1, 0.15) is 36.9 Å². The molecule has 3 aromatic rings. The lowest BCUT2D eigenvalue weighted by atomic mass is 10.1. The van der Waals surface area contributed by atoms with Gasteiger partial charge in [-0.15, -0.1) is 5.10 Å². The van der Waals surface area contributed by atoms with E-state index in [1.54, 1.807) is 12.1 Å². The van der Waals surface area contributed by atoms with Gasteiger partial charge in [0.05, 0.1) is 39.9 Å². The fraction of sp³-hybridized carbons (Fsp3) is 0.423. The second kappa shape index (κ2) is 10.0. The topological polar surface area (TPSA) is 135 Å². The monoisotopic (exact) mass is 531 g/mol. The molecule has 2 N–H and O–H groups in total. The summed E-state index contributed by atoms with van der Waals surface area (Å²) in [5.74, 6) is 0.514. The number of benzene rings is 1. The Balaban J connectivity index is 1.26. The highest BCUT2D eigenvalue weighted by Crippen LogP contribution is 2.37. The van der Waals surface area contributed by atoms with Gasteiger partial charge in [0.25, 0.3) is 5.91 Å². The summed E-state index contributed by atoms with van der Waals surface area (Å²) in [6.45, 7) is 2.93. The van der Waals surface area contributed by atoms with E-state index in [2.05, 4.69) is 37.8 Å². The van der Waals surface area contributed by atoms with E-state index in [1.165, 1.54) is 10.7 Å². The van der Waals surface area contributed by atoms with Gasteiger partial charge in [0, 0.05) is 44.9 Å². The highest BCUT2D eigenvalue weighted by atomic mass is 35.5. The van der Waals surface area contributed by atoms with Gasteiger partial charge in [-0.1, -0.05) is 11.6 Å². The number of hydrogen-bond donors (Lipinski definition) is 2. The number of amides is 1. The van der Waals surface area contributed by atoms with E-state index in [4.69, 9.17) is 16.3 Å². The van der Waals surface area contributed by atoms with Crippen LogP contribution in [0.5, 0.6) is 0 Å². The first-order valence-corrected chi connectivity index (χ1v) is 13.1. The summed E-state index contributed by atoms with van der Waals surface area (Å²) in [5.41, 5.74) is 3.35. The molecule has 12 heteroatoms. The lowest BCUT2D eigenvalue weighted by Gasteiger charge is -2.37. The third kappa shape index (κ3) is 4.67. The molecule has 2 aliphatic heterocycles. The molecule has 1 amide bonds. The maximum Gasteiger partial charge on any atom is 0.251 e. The lowest BCUT2D eigenvalue weighted by Crippen LogP contribution is -2.51. The van der Waals surface area contributed by atoms with E-state index in [1.807, 2.05) is 11.0 Å². The molecule has 38 heavy (non-hydrogen) atoms. The SMILES string of the molecule is N#Cc1cc(Nc2cc(NC3CC3)c3ncc(C#N)n3n2)c(Cl)c(N2CCN(C(=O)C3CCCO3)CC2)c1. The van der Waals surface area contributed by atoms with Crippen molar-refractivity contribution < 1.29 is 9.53 Å². The van der Waals surface area contributed by atoms with Crippen LogP contribution in [0.3, 0.4) is 0 Å². The maximum absolute atomic E-state index is 12.8. The molecule has 2 saturated heterocycles. The quantitative estimate of drug-likeness (QED) is 0.491. The predicted octanol–water partition coefficient (Wildman–Crippen LogP) is 3.27. The van der Waals surface area contributed by atoms with Gasteiger partial charge in [-0.2, -0.15) is 15.0 Å². The Labute approximate surface area is 224 Å². The third-order valence-electron chi connectivity index (χ3n) is 7.10. The zero-order valence-electron chi connectivity index (χ0n) is 20.7. The number of imidazole rings is 1. The number of nitriles is 2. The number of aromatic nitrogens is 3. The van der Waals surface area contributed by atoms with Crippen molar-refractivity contribution in [3.8, 4) is 12.1 Å². The summed E-state index contributed by atoms with van der Waals surface area (Å²) in [4.78, 5) is 21.0. The molecule has 6 rings (SSSR count). The van der Waals surface area contributed by atoms with Crippen LogP contribution in [-0.2, 0) is 9.53 Å². The number of anilines is 4. The number of hydrogen-bond acceptors (Lipinski definition) is 9. The molecular weight excluding hydrogens is 506 g/mol. The van der Waals surface area contributed by atoms with Gasteiger partial charge < -0.3 is 25.2 Å². The summed E-state index contributed by atoms with van der Waals surface area (Å²) in [7, 11) is 0. The van der Waals surface area contributed by atoms with Gasteiger partial charge in [0.15, 0.2) is 17.2 Å². The van der Waals surface area contributed by atoms with Gasteiger partial charge in [0.1, 0.15) is 12.2 Å². The van der Waals surface area contributed by atoms with Crippen LogP contribution in [0.25, 0.3) is 5.65 Å². The van der Waals surface area contributed by atoms with Crippen molar-refractivity contribution in [1.29, 1.82) is 10.5 Å². The molecule has 11 nitrogen and oxygen atoms in total. The molecule has 0 spiro atoms. The molecule has 0 bridgehead atoms. The number of rotatable bonds is 6. The molecule has 1 aliphatic carbocycles. The maximum atomic E-state index is 12.8. The second-order valence-corrected chi connectivity index (χ2v) is 10.1. The standard InChI is InChI=1S/C26H26ClN9O2/c27-24-19(32-23-12-20(31-17-3-4-17)25-30-15-18(14-29)36(25)33-23)10-16(13-28)11-21(24)34-5-7-35(8-6-34)26(37)22-2-1-9-38-22/h10-12,15,17,22,31H,1-9H2,(H,32,33). The Bertz CT molecular complexity index is 1470. The van der Waals surface area contributed by atoms with Crippen LogP contribution in [0.15, 0.2) is 24.4 Å². The Morgan fingerprint density at radius 3 is 2.58 bits per heavy atom. The minimum absolute atomic E-state index is 0.0506. The van der Waals surface area contributed by atoms with Crippen LogP contribution in [0.4, 0.5) is 22.9 Å². The summed E-state index contributed by atoms with van der Waals surface area (Å²) >= 11 is 6.88. The van der Waals surface area contributed by atoms with Gasteiger partial charge in [-0.3, -0.25) is 4.79 Å². The molecular formula is C26H26ClN9O2. The summed E-state index contributed by atoms with van der Waals surface area (Å²) in [5, 5.41) is 31.0. The van der Waals surface area contributed by atoms with Crippen LogP contribution < -0.4 is 15.5 Å². The lowest BCUT2D eigenvalue weighted by molar-refractivity contribution is -0.141. The summed E-state index contributed by atoms with van der Waals surface area (Å²) in [6.07, 6.45) is 5.01. The zero-order valence-corrected chi connectivity index (χ0v) is 21.4. The van der Waals surface area contributed by atoms with Crippen LogP contribution in [0, 0.1) is 22.7 Å². The number of ether oxygens (including phenoxy) is 1. The Kier molecular flexibility index (Phi) is 6.40. The van der Waals surface area contributed by atoms with E-state index in [0.717, 1.165) is 37.1 Å². The van der Waals surface area contributed by atoms with E-state index in [-0.39, 0.29) is 12.0 Å². The highest BCUT2D eigenvalue weighted by Gasteiger charge is 2.31. The summed E-state index contributed by atoms with van der Waals surface area (Å²) < 4.78 is 7.07. The van der Waals surface area contributed by atoms with E-state index in [0.29, 0.717) is 72.3 Å². The normalized spacial score (nSPS) is 19.3. The van der Waals surface area contributed by atoms with Crippen molar-refractivity contribution in [2.24, 2.45) is 0 Å². The first-order valence-electron chi connectivity index (χ1n) is 12.8. The second-order valence-electron chi connectivity index (χ2n) is 9.76. The molecule has 4 heterocycles. The number of fused-ring (bicyclic) bond motifs is 1. The number of carbonyl (C=O) groups excluding carboxylic acids is 1. The Hall–Kier alpha value is -4.06. The van der Waals surface area contributed by atoms with Crippen molar-refractivity contribution in [1.82, 2.24) is 19.5 Å². The zero-order chi connectivity index (χ0) is 26.2. The fourth-order valence-electron chi connectivity index (χ4n) is 4.94. The molecule has 1 saturated carbocycles. The molecule has 2 aromatic heterocycles. The average Bonchev–Trinajstić information content (AvgIpc) is 3.40. The third-order valence-corrected chi connectivity index (χ3v) is 7.50. The Morgan fingerprint density at radius 1 is 1.08 bits per heavy atom. The van der Waals surface area contributed by atoms with Gasteiger partial charge >= 0.3 is 0 Å². The number of halogens is 1. The van der Waals surface area contributed by atoms with Gasteiger partial charge in [-0.05, 0) is 37.8 Å². The minimum atomic E-state index is -0.330. The molecule has 1 unspecified atom stereocenters. The van der Waals surface area contributed by atoms with Crippen molar-refractivity contribution >= 4 is 46.0 Å². The van der Waals surface area contributed by atoms with Gasteiger partial charge in [-0.25, -0.2) is 4.98 Å². The average molecular weight is 532 g/mol. The molecule has 3 fully saturated rings. The number of nitrogens with zero attached hydrogens (tertiary/aromatic N) is 7. The summed E-state index contributed by atoms with van der Waals surface area (Å²) in [6, 6.07) is 10.0. The van der Waals surface area contributed by atoms with Crippen molar-refractivity contribution in [3.63, 3.8) is 0 Å². The fourth-order valence-corrected chi connectivity index (χ4v) is 5.21. The van der Waals surface area contributed by atoms with Crippen LogP contribution in [-0.4, -0.2) is 70.3 Å². The van der Waals surface area contributed by atoms with Crippen molar-refractivity contribution in [3.05, 3.63) is 40.7 Å². The molecule has 3 aliphatic rings. The van der Waals surface area contributed by atoms with Crippen LogP contribution in [0.2, 0.25) is 5.02 Å². The number of nitrogens with one attached hydrogen (secondary N) is 2. The smallest absolute Gasteiger partial charge is 0.251 e. The van der Waals surface area contributed by atoms with Crippen LogP contribution >= 0.6 is 11.6 Å². The molecule has 194 valence electrons. The first-order chi connectivity index (χ1) is 18.5. The van der Waals surface area contributed by atoms with Crippen molar-refractivity contribution in [2.45, 2.75) is 37.8 Å². The Morgan fingerprint density at radius 2 is 1.89 bits per heavy atom. The number of carbonyl (C=O) groups is 1. The first kappa shape index (κ1) is 24.3.